The van der Waals surface area contributed by atoms with Gasteiger partial charge in [-0.1, -0.05) is 28.1 Å². The highest BCUT2D eigenvalue weighted by Crippen LogP contribution is 2.23. The lowest BCUT2D eigenvalue weighted by Crippen LogP contribution is -2.32. The number of benzene rings is 1. The second-order valence-electron chi connectivity index (χ2n) is 4.69. The van der Waals surface area contributed by atoms with Crippen LogP contribution in [0, 0.1) is 17.2 Å². The van der Waals surface area contributed by atoms with Crippen LogP contribution in [0.15, 0.2) is 28.7 Å². The topological polar surface area (TPSA) is 35.8 Å². The highest BCUT2D eigenvalue weighted by molar-refractivity contribution is 9.10. The summed E-state index contributed by atoms with van der Waals surface area (Å²) in [5, 5.41) is 12.4. The zero-order valence-corrected chi connectivity index (χ0v) is 11.4. The maximum absolute atomic E-state index is 8.84. The van der Waals surface area contributed by atoms with Crippen molar-refractivity contribution in [3.8, 4) is 6.07 Å². The molecule has 0 heterocycles. The number of hydrogen-bond acceptors (Lipinski definition) is 2. The Balaban J connectivity index is 1.76. The molecule has 1 saturated carbocycles. The lowest BCUT2D eigenvalue weighted by atomic mass is 9.87. The zero-order valence-electron chi connectivity index (χ0n) is 9.82. The molecule has 2 rings (SSSR count). The molecule has 17 heavy (non-hydrogen) atoms. The summed E-state index contributed by atoms with van der Waals surface area (Å²) in [7, 11) is 0. The third-order valence-corrected chi connectivity index (χ3v) is 3.95. The van der Waals surface area contributed by atoms with Gasteiger partial charge in [0.25, 0.3) is 0 Å². The molecule has 3 heteroatoms. The molecule has 0 saturated heterocycles. The van der Waals surface area contributed by atoms with Crippen LogP contribution in [0.5, 0.6) is 0 Å². The quantitative estimate of drug-likeness (QED) is 0.924. The first-order chi connectivity index (χ1) is 8.28. The van der Waals surface area contributed by atoms with E-state index in [2.05, 4.69) is 51.6 Å². The lowest BCUT2D eigenvalue weighted by Gasteiger charge is -2.25. The maximum atomic E-state index is 8.84. The normalized spacial score (nSPS) is 24.2. The number of rotatable bonds is 3. The minimum absolute atomic E-state index is 0.292. The van der Waals surface area contributed by atoms with Crippen molar-refractivity contribution in [1.29, 1.82) is 5.26 Å². The van der Waals surface area contributed by atoms with Crippen molar-refractivity contribution in [3.63, 3.8) is 0 Å². The van der Waals surface area contributed by atoms with Gasteiger partial charge in [0.05, 0.1) is 6.07 Å². The lowest BCUT2D eigenvalue weighted by molar-refractivity contribution is 0.331. The van der Waals surface area contributed by atoms with Crippen LogP contribution in [0.2, 0.25) is 0 Å². The van der Waals surface area contributed by atoms with E-state index in [1.165, 1.54) is 5.56 Å². The fourth-order valence-electron chi connectivity index (χ4n) is 2.29. The van der Waals surface area contributed by atoms with Gasteiger partial charge in [-0.15, -0.1) is 0 Å². The van der Waals surface area contributed by atoms with E-state index < -0.39 is 0 Å². The summed E-state index contributed by atoms with van der Waals surface area (Å²) in [5.74, 6) is 0.292. The first-order valence-corrected chi connectivity index (χ1v) is 6.94. The van der Waals surface area contributed by atoms with E-state index in [-0.39, 0.29) is 0 Å². The Hall–Kier alpha value is -0.850. The molecule has 0 aromatic heterocycles. The molecule has 0 spiro atoms. The predicted octanol–water partition coefficient (Wildman–Crippen LogP) is 3.62. The summed E-state index contributed by atoms with van der Waals surface area (Å²) in [6.45, 7) is 0.926. The van der Waals surface area contributed by atoms with Gasteiger partial charge in [-0.05, 0) is 43.4 Å². The number of nitriles is 1. The number of halogens is 1. The molecule has 2 nitrogen and oxygen atoms in total. The van der Waals surface area contributed by atoms with Gasteiger partial charge >= 0.3 is 0 Å². The van der Waals surface area contributed by atoms with E-state index in [4.69, 9.17) is 5.26 Å². The van der Waals surface area contributed by atoms with Crippen LogP contribution in [0.4, 0.5) is 0 Å². The molecule has 1 fully saturated rings. The van der Waals surface area contributed by atoms with Crippen LogP contribution >= 0.6 is 15.9 Å². The third kappa shape index (κ3) is 3.83. The molecule has 0 radical (unpaired) electrons. The standard InChI is InChI=1S/C14H17BrN2/c15-13-5-1-12(2-6-13)10-17-14-7-3-11(9-16)4-8-14/h1-2,5-6,11,14,17H,3-4,7-8,10H2. The summed E-state index contributed by atoms with van der Waals surface area (Å²) in [6.07, 6.45) is 4.37. The van der Waals surface area contributed by atoms with Crippen molar-refractivity contribution in [2.24, 2.45) is 5.92 Å². The molecule has 1 aliphatic carbocycles. The van der Waals surface area contributed by atoms with Gasteiger partial charge in [0.2, 0.25) is 0 Å². The van der Waals surface area contributed by atoms with Gasteiger partial charge in [0, 0.05) is 23.0 Å². The second-order valence-corrected chi connectivity index (χ2v) is 5.60. The summed E-state index contributed by atoms with van der Waals surface area (Å²) in [5.41, 5.74) is 1.32. The Morgan fingerprint density at radius 1 is 1.18 bits per heavy atom. The average molecular weight is 293 g/mol. The van der Waals surface area contributed by atoms with Crippen LogP contribution in [0.25, 0.3) is 0 Å². The van der Waals surface area contributed by atoms with Crippen LogP contribution in [-0.4, -0.2) is 6.04 Å². The SMILES string of the molecule is N#CC1CCC(NCc2ccc(Br)cc2)CC1. The highest BCUT2D eigenvalue weighted by Gasteiger charge is 2.19. The van der Waals surface area contributed by atoms with Crippen LogP contribution in [0.3, 0.4) is 0 Å². The molecule has 0 aliphatic heterocycles. The smallest absolute Gasteiger partial charge is 0.0655 e. The van der Waals surface area contributed by atoms with Crippen LogP contribution in [0.1, 0.15) is 31.2 Å². The summed E-state index contributed by atoms with van der Waals surface area (Å²) in [4.78, 5) is 0. The Morgan fingerprint density at radius 2 is 1.82 bits per heavy atom. The summed E-state index contributed by atoms with van der Waals surface area (Å²) < 4.78 is 1.12. The molecule has 0 unspecified atom stereocenters. The molecule has 1 aromatic rings. The van der Waals surface area contributed by atoms with Crippen molar-refractivity contribution < 1.29 is 0 Å². The molecule has 0 bridgehead atoms. The van der Waals surface area contributed by atoms with Crippen molar-refractivity contribution in [1.82, 2.24) is 5.32 Å². The Bertz CT molecular complexity index is 386. The van der Waals surface area contributed by atoms with Gasteiger partial charge < -0.3 is 5.32 Å². The molecule has 1 aliphatic rings. The molecule has 1 aromatic carbocycles. The van der Waals surface area contributed by atoms with E-state index in [1.54, 1.807) is 0 Å². The van der Waals surface area contributed by atoms with Gasteiger partial charge in [-0.25, -0.2) is 0 Å². The Kier molecular flexibility index (Phi) is 4.58. The zero-order chi connectivity index (χ0) is 12.1. The molecule has 90 valence electrons. The van der Waals surface area contributed by atoms with E-state index in [1.807, 2.05) is 0 Å². The monoisotopic (exact) mass is 292 g/mol. The second kappa shape index (κ2) is 6.18. The summed E-state index contributed by atoms with van der Waals surface area (Å²) >= 11 is 3.44. The van der Waals surface area contributed by atoms with Crippen molar-refractivity contribution in [2.75, 3.05) is 0 Å². The minimum atomic E-state index is 0.292. The van der Waals surface area contributed by atoms with Gasteiger partial charge in [0.1, 0.15) is 0 Å². The fourth-order valence-corrected chi connectivity index (χ4v) is 2.56. The van der Waals surface area contributed by atoms with Gasteiger partial charge in [-0.3, -0.25) is 0 Å². The summed E-state index contributed by atoms with van der Waals surface area (Å²) in [6, 6.07) is 11.4. The Morgan fingerprint density at radius 3 is 2.41 bits per heavy atom. The number of hydrogen-bond donors (Lipinski definition) is 1. The fraction of sp³-hybridized carbons (Fsp3) is 0.500. The van der Waals surface area contributed by atoms with Crippen molar-refractivity contribution in [2.45, 2.75) is 38.3 Å². The largest absolute Gasteiger partial charge is 0.310 e. The first-order valence-electron chi connectivity index (χ1n) is 6.15. The van der Waals surface area contributed by atoms with E-state index >= 15 is 0 Å². The Labute approximate surface area is 111 Å². The maximum Gasteiger partial charge on any atom is 0.0655 e. The molecular formula is C14H17BrN2. The van der Waals surface area contributed by atoms with Crippen molar-refractivity contribution >= 4 is 15.9 Å². The van der Waals surface area contributed by atoms with Crippen molar-refractivity contribution in [3.05, 3.63) is 34.3 Å². The van der Waals surface area contributed by atoms with E-state index in [9.17, 15) is 0 Å². The number of nitrogens with one attached hydrogen (secondary N) is 1. The highest BCUT2D eigenvalue weighted by atomic mass is 79.9. The minimum Gasteiger partial charge on any atom is -0.310 e. The molecule has 0 atom stereocenters. The average Bonchev–Trinajstić information content (AvgIpc) is 2.39. The number of nitrogens with zero attached hydrogens (tertiary/aromatic N) is 1. The van der Waals surface area contributed by atoms with E-state index in [0.717, 1.165) is 36.7 Å². The molecular weight excluding hydrogens is 276 g/mol. The van der Waals surface area contributed by atoms with Crippen LogP contribution < -0.4 is 5.32 Å². The molecule has 0 amide bonds. The molecule has 1 N–H and O–H groups in total. The van der Waals surface area contributed by atoms with E-state index in [0.29, 0.717) is 12.0 Å². The van der Waals surface area contributed by atoms with Gasteiger partial charge in [-0.2, -0.15) is 5.26 Å². The first kappa shape index (κ1) is 12.6. The van der Waals surface area contributed by atoms with Gasteiger partial charge in [0.15, 0.2) is 0 Å². The predicted molar refractivity (Wildman–Crippen MR) is 72.3 cm³/mol. The third-order valence-electron chi connectivity index (χ3n) is 3.42. The van der Waals surface area contributed by atoms with Crippen LogP contribution in [-0.2, 0) is 6.54 Å².